The minimum atomic E-state index is -0.148. The van der Waals surface area contributed by atoms with E-state index in [2.05, 4.69) is 0 Å². The number of rotatable bonds is 3. The molecule has 0 aliphatic heterocycles. The van der Waals surface area contributed by atoms with Crippen LogP contribution in [-0.2, 0) is 6.61 Å². The van der Waals surface area contributed by atoms with Gasteiger partial charge < -0.3 is 9.84 Å². The zero-order valence-electron chi connectivity index (χ0n) is 9.16. The Balaban J connectivity index is 2.38. The SMILES string of the molecule is OCc1ccc(Cl)cc1Oc1cc(Cl)ccc1Cl. The molecular formula is C13H9Cl3O2. The Morgan fingerprint density at radius 2 is 1.50 bits per heavy atom. The van der Waals surface area contributed by atoms with Crippen molar-refractivity contribution in [1.29, 1.82) is 0 Å². The zero-order valence-corrected chi connectivity index (χ0v) is 11.4. The van der Waals surface area contributed by atoms with Gasteiger partial charge in [-0.25, -0.2) is 0 Å². The first-order valence-corrected chi connectivity index (χ1v) is 6.25. The van der Waals surface area contributed by atoms with Gasteiger partial charge in [0.05, 0.1) is 11.6 Å². The monoisotopic (exact) mass is 302 g/mol. The summed E-state index contributed by atoms with van der Waals surface area (Å²) >= 11 is 17.8. The summed E-state index contributed by atoms with van der Waals surface area (Å²) in [5.74, 6) is 0.871. The number of aliphatic hydroxyl groups is 1. The van der Waals surface area contributed by atoms with Crippen LogP contribution in [0.1, 0.15) is 5.56 Å². The summed E-state index contributed by atoms with van der Waals surface area (Å²) in [4.78, 5) is 0. The van der Waals surface area contributed by atoms with E-state index in [1.54, 1.807) is 36.4 Å². The molecule has 0 radical (unpaired) electrons. The molecule has 94 valence electrons. The Morgan fingerprint density at radius 1 is 0.889 bits per heavy atom. The summed E-state index contributed by atoms with van der Waals surface area (Å²) in [5, 5.41) is 10.7. The van der Waals surface area contributed by atoms with Gasteiger partial charge in [0.1, 0.15) is 11.5 Å². The van der Waals surface area contributed by atoms with Gasteiger partial charge >= 0.3 is 0 Å². The molecule has 0 saturated carbocycles. The van der Waals surface area contributed by atoms with Crippen molar-refractivity contribution in [3.63, 3.8) is 0 Å². The lowest BCUT2D eigenvalue weighted by molar-refractivity contribution is 0.276. The van der Waals surface area contributed by atoms with Crippen molar-refractivity contribution >= 4 is 34.8 Å². The number of aliphatic hydroxyl groups excluding tert-OH is 1. The van der Waals surface area contributed by atoms with Gasteiger partial charge in [0, 0.05) is 21.7 Å². The molecule has 0 fully saturated rings. The molecule has 0 heterocycles. The van der Waals surface area contributed by atoms with Crippen molar-refractivity contribution < 1.29 is 9.84 Å². The van der Waals surface area contributed by atoms with Crippen molar-refractivity contribution in [2.24, 2.45) is 0 Å². The highest BCUT2D eigenvalue weighted by Gasteiger charge is 2.08. The van der Waals surface area contributed by atoms with Crippen molar-refractivity contribution in [1.82, 2.24) is 0 Å². The molecule has 0 spiro atoms. The molecule has 5 heteroatoms. The molecular weight excluding hydrogens is 294 g/mol. The van der Waals surface area contributed by atoms with Crippen LogP contribution in [0.25, 0.3) is 0 Å². The smallest absolute Gasteiger partial charge is 0.147 e. The van der Waals surface area contributed by atoms with Crippen molar-refractivity contribution in [2.75, 3.05) is 0 Å². The maximum absolute atomic E-state index is 9.23. The minimum Gasteiger partial charge on any atom is -0.455 e. The first-order chi connectivity index (χ1) is 8.60. The van der Waals surface area contributed by atoms with Crippen LogP contribution in [0.15, 0.2) is 36.4 Å². The Morgan fingerprint density at radius 3 is 2.17 bits per heavy atom. The lowest BCUT2D eigenvalue weighted by atomic mass is 10.2. The lowest BCUT2D eigenvalue weighted by Crippen LogP contribution is -1.92. The van der Waals surface area contributed by atoms with Gasteiger partial charge in [-0.1, -0.05) is 40.9 Å². The Bertz CT molecular complexity index is 570. The predicted molar refractivity (Wildman–Crippen MR) is 73.9 cm³/mol. The number of hydrogen-bond acceptors (Lipinski definition) is 2. The average Bonchev–Trinajstić information content (AvgIpc) is 2.34. The van der Waals surface area contributed by atoms with Crippen LogP contribution < -0.4 is 4.74 Å². The molecule has 2 rings (SSSR count). The maximum Gasteiger partial charge on any atom is 0.147 e. The van der Waals surface area contributed by atoms with Crippen LogP contribution in [0.3, 0.4) is 0 Å². The standard InChI is InChI=1S/C13H9Cl3O2/c14-9-2-1-8(7-17)12(5-9)18-13-6-10(15)3-4-11(13)16/h1-6,17H,7H2. The summed E-state index contributed by atoms with van der Waals surface area (Å²) in [6.45, 7) is -0.148. The van der Waals surface area contributed by atoms with Gasteiger partial charge in [-0.2, -0.15) is 0 Å². The van der Waals surface area contributed by atoms with Crippen molar-refractivity contribution in [3.05, 3.63) is 57.0 Å². The molecule has 2 nitrogen and oxygen atoms in total. The molecule has 0 aliphatic rings. The van der Waals surface area contributed by atoms with E-state index in [1.807, 2.05) is 0 Å². The maximum atomic E-state index is 9.23. The summed E-state index contributed by atoms with van der Waals surface area (Å²) in [7, 11) is 0. The van der Waals surface area contributed by atoms with Gasteiger partial charge in [0.25, 0.3) is 0 Å². The van der Waals surface area contributed by atoms with Gasteiger partial charge in [-0.3, -0.25) is 0 Å². The lowest BCUT2D eigenvalue weighted by Gasteiger charge is -2.11. The van der Waals surface area contributed by atoms with Crippen LogP contribution in [0.4, 0.5) is 0 Å². The highest BCUT2D eigenvalue weighted by atomic mass is 35.5. The van der Waals surface area contributed by atoms with E-state index in [9.17, 15) is 5.11 Å². The number of ether oxygens (including phenoxy) is 1. The highest BCUT2D eigenvalue weighted by molar-refractivity contribution is 6.34. The predicted octanol–water partition coefficient (Wildman–Crippen LogP) is 4.93. The molecule has 2 aromatic carbocycles. The molecule has 0 saturated heterocycles. The molecule has 0 aliphatic carbocycles. The topological polar surface area (TPSA) is 29.5 Å². The van der Waals surface area contributed by atoms with E-state index in [-0.39, 0.29) is 6.61 Å². The molecule has 1 N–H and O–H groups in total. The summed E-state index contributed by atoms with van der Waals surface area (Å²) < 4.78 is 5.63. The van der Waals surface area contributed by atoms with E-state index < -0.39 is 0 Å². The molecule has 0 amide bonds. The van der Waals surface area contributed by atoms with Gasteiger partial charge in [0.15, 0.2) is 0 Å². The largest absolute Gasteiger partial charge is 0.455 e. The number of benzene rings is 2. The second kappa shape index (κ2) is 5.81. The Labute approximate surface area is 120 Å². The first-order valence-electron chi connectivity index (χ1n) is 5.12. The summed E-state index contributed by atoms with van der Waals surface area (Å²) in [5.41, 5.74) is 0.621. The first kappa shape index (κ1) is 13.5. The third kappa shape index (κ3) is 3.09. The minimum absolute atomic E-state index is 0.148. The molecule has 18 heavy (non-hydrogen) atoms. The second-order valence-corrected chi connectivity index (χ2v) is 4.87. The fourth-order valence-corrected chi connectivity index (χ4v) is 1.91. The second-order valence-electron chi connectivity index (χ2n) is 3.59. The van der Waals surface area contributed by atoms with Crippen molar-refractivity contribution in [3.8, 4) is 11.5 Å². The third-order valence-electron chi connectivity index (χ3n) is 2.31. The van der Waals surface area contributed by atoms with E-state index >= 15 is 0 Å². The molecule has 0 unspecified atom stereocenters. The molecule has 0 aromatic heterocycles. The highest BCUT2D eigenvalue weighted by Crippen LogP contribution is 2.34. The zero-order chi connectivity index (χ0) is 13.1. The van der Waals surface area contributed by atoms with Crippen LogP contribution in [0.2, 0.25) is 15.1 Å². The van der Waals surface area contributed by atoms with Crippen LogP contribution in [0.5, 0.6) is 11.5 Å². The average molecular weight is 304 g/mol. The fourth-order valence-electron chi connectivity index (χ4n) is 1.43. The van der Waals surface area contributed by atoms with Gasteiger partial charge in [0.2, 0.25) is 0 Å². The van der Waals surface area contributed by atoms with E-state index in [1.165, 1.54) is 0 Å². The Kier molecular flexibility index (Phi) is 4.36. The summed E-state index contributed by atoms with van der Waals surface area (Å²) in [6, 6.07) is 9.90. The number of hydrogen-bond donors (Lipinski definition) is 1. The van der Waals surface area contributed by atoms with E-state index in [0.717, 1.165) is 0 Å². The molecule has 0 atom stereocenters. The van der Waals surface area contributed by atoms with Crippen LogP contribution >= 0.6 is 34.8 Å². The molecule has 0 bridgehead atoms. The van der Waals surface area contributed by atoms with Crippen LogP contribution in [0, 0.1) is 0 Å². The third-order valence-corrected chi connectivity index (χ3v) is 3.10. The van der Waals surface area contributed by atoms with E-state index in [4.69, 9.17) is 39.5 Å². The van der Waals surface area contributed by atoms with Crippen molar-refractivity contribution in [2.45, 2.75) is 6.61 Å². The summed E-state index contributed by atoms with van der Waals surface area (Å²) in [6.07, 6.45) is 0. The van der Waals surface area contributed by atoms with Gasteiger partial charge in [-0.15, -0.1) is 0 Å². The van der Waals surface area contributed by atoms with Gasteiger partial charge in [-0.05, 0) is 24.3 Å². The normalized spacial score (nSPS) is 10.4. The van der Waals surface area contributed by atoms with E-state index in [0.29, 0.717) is 32.1 Å². The quantitative estimate of drug-likeness (QED) is 0.871. The fraction of sp³-hybridized carbons (Fsp3) is 0.0769. The number of halogens is 3. The Hall–Kier alpha value is -0.930. The molecule has 2 aromatic rings. The van der Waals surface area contributed by atoms with Crippen LogP contribution in [-0.4, -0.2) is 5.11 Å².